The molecule has 0 saturated carbocycles. The number of aromatic carboxylic acids is 1. The summed E-state index contributed by atoms with van der Waals surface area (Å²) >= 11 is 5.68. The summed E-state index contributed by atoms with van der Waals surface area (Å²) in [5.41, 5.74) is -1.20. The van der Waals surface area contributed by atoms with E-state index in [0.29, 0.717) is 0 Å². The Labute approximate surface area is 131 Å². The molecule has 0 fully saturated rings. The zero-order valence-electron chi connectivity index (χ0n) is 12.4. The standard InChI is InChI=1S/C14H16ClFN2O4/c1-7(6-17-13(21)22-14(2,3)4)10-9(16)5-8(12(19)20)11(15)18-10/h5H,1,6H2,2-4H3,(H,17,21)(H,19,20). The second-order valence-electron chi connectivity index (χ2n) is 5.42. The summed E-state index contributed by atoms with van der Waals surface area (Å²) in [7, 11) is 0. The number of carboxylic acids is 1. The van der Waals surface area contributed by atoms with Crippen LogP contribution in [-0.4, -0.2) is 34.3 Å². The third-order valence-electron chi connectivity index (χ3n) is 2.34. The van der Waals surface area contributed by atoms with Crippen LogP contribution in [-0.2, 0) is 4.74 Å². The normalized spacial score (nSPS) is 11.0. The number of carboxylic acid groups (broad SMARTS) is 1. The number of ether oxygens (including phenoxy) is 1. The fourth-order valence-corrected chi connectivity index (χ4v) is 1.66. The minimum Gasteiger partial charge on any atom is -0.478 e. The number of aromatic nitrogens is 1. The maximum atomic E-state index is 13.8. The highest BCUT2D eigenvalue weighted by Crippen LogP contribution is 2.21. The number of nitrogens with zero attached hydrogens (tertiary/aromatic N) is 1. The van der Waals surface area contributed by atoms with Crippen LogP contribution in [0.1, 0.15) is 36.8 Å². The molecule has 1 rings (SSSR count). The van der Waals surface area contributed by atoms with E-state index >= 15 is 0 Å². The maximum Gasteiger partial charge on any atom is 0.407 e. The van der Waals surface area contributed by atoms with E-state index in [0.717, 1.165) is 6.07 Å². The zero-order chi connectivity index (χ0) is 17.1. The first-order valence-corrected chi connectivity index (χ1v) is 6.63. The first kappa shape index (κ1) is 17.9. The molecule has 1 amide bonds. The Kier molecular flexibility index (Phi) is 5.48. The van der Waals surface area contributed by atoms with Crippen molar-refractivity contribution in [2.45, 2.75) is 26.4 Å². The van der Waals surface area contributed by atoms with Crippen LogP contribution < -0.4 is 5.32 Å². The topological polar surface area (TPSA) is 88.5 Å². The van der Waals surface area contributed by atoms with Gasteiger partial charge in [0, 0.05) is 6.54 Å². The number of rotatable bonds is 4. The average molecular weight is 331 g/mol. The molecule has 0 aliphatic rings. The summed E-state index contributed by atoms with van der Waals surface area (Å²) in [6.45, 7) is 8.57. The summed E-state index contributed by atoms with van der Waals surface area (Å²) in [4.78, 5) is 26.0. The summed E-state index contributed by atoms with van der Waals surface area (Å²) in [5, 5.41) is 10.9. The molecule has 1 heterocycles. The van der Waals surface area contributed by atoms with E-state index in [1.165, 1.54) is 0 Å². The van der Waals surface area contributed by atoms with E-state index in [1.807, 2.05) is 0 Å². The number of amides is 1. The van der Waals surface area contributed by atoms with Gasteiger partial charge in [0.2, 0.25) is 0 Å². The highest BCUT2D eigenvalue weighted by atomic mass is 35.5. The second-order valence-corrected chi connectivity index (χ2v) is 5.78. The van der Waals surface area contributed by atoms with Gasteiger partial charge in [-0.3, -0.25) is 0 Å². The molecule has 22 heavy (non-hydrogen) atoms. The van der Waals surface area contributed by atoms with Crippen LogP contribution in [0.25, 0.3) is 5.57 Å². The number of hydrogen-bond donors (Lipinski definition) is 2. The SMILES string of the molecule is C=C(CNC(=O)OC(C)(C)C)c1nc(Cl)c(C(=O)O)cc1F. The smallest absolute Gasteiger partial charge is 0.407 e. The summed E-state index contributed by atoms with van der Waals surface area (Å²) in [6, 6.07) is 0.756. The van der Waals surface area contributed by atoms with E-state index in [1.54, 1.807) is 20.8 Å². The number of alkyl carbamates (subject to hydrolysis) is 1. The molecule has 1 aromatic heterocycles. The van der Waals surface area contributed by atoms with Crippen molar-refractivity contribution in [2.24, 2.45) is 0 Å². The molecule has 0 atom stereocenters. The van der Waals surface area contributed by atoms with Crippen molar-refractivity contribution >= 4 is 29.2 Å². The number of carbonyl (C=O) groups is 2. The molecule has 0 aliphatic heterocycles. The van der Waals surface area contributed by atoms with Gasteiger partial charge in [0.25, 0.3) is 0 Å². The largest absolute Gasteiger partial charge is 0.478 e. The molecular formula is C14H16ClFN2O4. The number of hydrogen-bond acceptors (Lipinski definition) is 4. The van der Waals surface area contributed by atoms with Crippen molar-refractivity contribution in [3.63, 3.8) is 0 Å². The van der Waals surface area contributed by atoms with Gasteiger partial charge < -0.3 is 15.2 Å². The molecule has 120 valence electrons. The Hall–Kier alpha value is -2.15. The Bertz CT molecular complexity index is 626. The summed E-state index contributed by atoms with van der Waals surface area (Å²) in [6.07, 6.45) is -0.692. The number of pyridine rings is 1. The van der Waals surface area contributed by atoms with Crippen molar-refractivity contribution in [3.05, 3.63) is 34.9 Å². The molecule has 0 unspecified atom stereocenters. The molecule has 0 saturated heterocycles. The van der Waals surface area contributed by atoms with E-state index in [2.05, 4.69) is 16.9 Å². The number of halogens is 2. The quantitative estimate of drug-likeness (QED) is 0.828. The lowest BCUT2D eigenvalue weighted by molar-refractivity contribution is 0.0534. The van der Waals surface area contributed by atoms with Gasteiger partial charge in [-0.15, -0.1) is 0 Å². The van der Waals surface area contributed by atoms with Crippen molar-refractivity contribution in [3.8, 4) is 0 Å². The molecule has 8 heteroatoms. The van der Waals surface area contributed by atoms with Gasteiger partial charge in [-0.25, -0.2) is 19.0 Å². The van der Waals surface area contributed by atoms with Gasteiger partial charge in [0.1, 0.15) is 22.3 Å². The fraction of sp³-hybridized carbons (Fsp3) is 0.357. The van der Waals surface area contributed by atoms with Crippen LogP contribution in [0.3, 0.4) is 0 Å². The first-order valence-electron chi connectivity index (χ1n) is 6.25. The number of carbonyl (C=O) groups excluding carboxylic acids is 1. The van der Waals surface area contributed by atoms with Crippen LogP contribution in [0.4, 0.5) is 9.18 Å². The molecule has 0 radical (unpaired) electrons. The molecular weight excluding hydrogens is 315 g/mol. The Morgan fingerprint density at radius 2 is 2.09 bits per heavy atom. The highest BCUT2D eigenvalue weighted by Gasteiger charge is 2.19. The monoisotopic (exact) mass is 330 g/mol. The van der Waals surface area contributed by atoms with Crippen molar-refractivity contribution in [1.29, 1.82) is 0 Å². The third-order valence-corrected chi connectivity index (χ3v) is 2.63. The van der Waals surface area contributed by atoms with Crippen LogP contribution in [0.2, 0.25) is 5.15 Å². The van der Waals surface area contributed by atoms with Gasteiger partial charge in [-0.2, -0.15) is 0 Å². The van der Waals surface area contributed by atoms with Crippen molar-refractivity contribution < 1.29 is 23.8 Å². The third kappa shape index (κ3) is 5.00. The second kappa shape index (κ2) is 6.74. The van der Waals surface area contributed by atoms with E-state index in [-0.39, 0.29) is 23.0 Å². The van der Waals surface area contributed by atoms with Gasteiger partial charge >= 0.3 is 12.1 Å². The van der Waals surface area contributed by atoms with Crippen molar-refractivity contribution in [2.75, 3.05) is 6.54 Å². The lowest BCUT2D eigenvalue weighted by atomic mass is 10.1. The zero-order valence-corrected chi connectivity index (χ0v) is 13.1. The molecule has 0 spiro atoms. The lowest BCUT2D eigenvalue weighted by Gasteiger charge is -2.20. The predicted molar refractivity (Wildman–Crippen MR) is 79.4 cm³/mol. The van der Waals surface area contributed by atoms with E-state index < -0.39 is 29.0 Å². The molecule has 6 nitrogen and oxygen atoms in total. The van der Waals surface area contributed by atoms with Crippen LogP contribution >= 0.6 is 11.6 Å². The van der Waals surface area contributed by atoms with Gasteiger partial charge in [0.15, 0.2) is 0 Å². The van der Waals surface area contributed by atoms with Crippen molar-refractivity contribution in [1.82, 2.24) is 10.3 Å². The summed E-state index contributed by atoms with van der Waals surface area (Å²) < 4.78 is 18.9. The maximum absolute atomic E-state index is 13.8. The Balaban J connectivity index is 2.81. The summed E-state index contributed by atoms with van der Waals surface area (Å²) in [5.74, 6) is -2.28. The lowest BCUT2D eigenvalue weighted by Crippen LogP contribution is -2.33. The number of nitrogens with one attached hydrogen (secondary N) is 1. The molecule has 0 bridgehead atoms. The Morgan fingerprint density at radius 1 is 1.50 bits per heavy atom. The van der Waals surface area contributed by atoms with Gasteiger partial charge in [-0.1, -0.05) is 18.2 Å². The minimum absolute atomic E-state index is 0.123. The fourth-order valence-electron chi connectivity index (χ4n) is 1.44. The molecule has 0 aliphatic carbocycles. The first-order chi connectivity index (χ1) is 10.0. The van der Waals surface area contributed by atoms with E-state index in [4.69, 9.17) is 21.4 Å². The average Bonchev–Trinajstić information content (AvgIpc) is 2.35. The van der Waals surface area contributed by atoms with Gasteiger partial charge in [0.05, 0.1) is 5.56 Å². The Morgan fingerprint density at radius 3 is 2.59 bits per heavy atom. The minimum atomic E-state index is -1.39. The highest BCUT2D eigenvalue weighted by molar-refractivity contribution is 6.32. The molecule has 2 N–H and O–H groups in total. The molecule has 1 aromatic rings. The van der Waals surface area contributed by atoms with Crippen LogP contribution in [0, 0.1) is 5.82 Å². The van der Waals surface area contributed by atoms with E-state index in [9.17, 15) is 14.0 Å². The van der Waals surface area contributed by atoms with Crippen LogP contribution in [0.15, 0.2) is 12.6 Å². The molecule has 0 aromatic carbocycles. The predicted octanol–water partition coefficient (Wildman–Crippen LogP) is 3.11. The van der Waals surface area contributed by atoms with Gasteiger partial charge in [-0.05, 0) is 32.4 Å². The van der Waals surface area contributed by atoms with Crippen LogP contribution in [0.5, 0.6) is 0 Å².